The van der Waals surface area contributed by atoms with Gasteiger partial charge in [-0.25, -0.2) is 8.42 Å². The van der Waals surface area contributed by atoms with Crippen LogP contribution in [0.4, 0.5) is 0 Å². The minimum Gasteiger partial charge on any atom is -0.369 e. The molecule has 6 heteroatoms. The van der Waals surface area contributed by atoms with Gasteiger partial charge in [0, 0.05) is 18.8 Å². The van der Waals surface area contributed by atoms with Crippen LogP contribution in [0.1, 0.15) is 20.8 Å². The Morgan fingerprint density at radius 2 is 1.93 bits per heavy atom. The van der Waals surface area contributed by atoms with Crippen molar-refractivity contribution in [2.75, 3.05) is 24.6 Å². The van der Waals surface area contributed by atoms with Gasteiger partial charge < -0.3 is 11.1 Å². The van der Waals surface area contributed by atoms with Crippen LogP contribution in [-0.4, -0.2) is 38.9 Å². The molecule has 5 nitrogen and oxygen atoms in total. The van der Waals surface area contributed by atoms with Crippen LogP contribution >= 0.6 is 0 Å². The van der Waals surface area contributed by atoms with Crippen LogP contribution in [0.25, 0.3) is 0 Å². The Morgan fingerprint density at radius 1 is 1.40 bits per heavy atom. The maximum absolute atomic E-state index is 11.1. The van der Waals surface area contributed by atoms with Crippen molar-refractivity contribution in [3.63, 3.8) is 0 Å². The lowest BCUT2D eigenvalue weighted by atomic mass is 9.93. The van der Waals surface area contributed by atoms with Gasteiger partial charge in [-0.05, 0) is 13.8 Å². The molecule has 0 aromatic rings. The molecular formula is C9H20N2O3S. The Labute approximate surface area is 91.3 Å². The van der Waals surface area contributed by atoms with Gasteiger partial charge in [-0.15, -0.1) is 0 Å². The van der Waals surface area contributed by atoms with Crippen LogP contribution in [0.5, 0.6) is 0 Å². The lowest BCUT2D eigenvalue weighted by Gasteiger charge is -2.20. The summed E-state index contributed by atoms with van der Waals surface area (Å²) in [5, 5.41) is 2.92. The molecule has 1 amide bonds. The number of amides is 1. The molecule has 0 aromatic heterocycles. The first-order valence-corrected chi connectivity index (χ1v) is 6.74. The molecule has 0 atom stereocenters. The summed E-state index contributed by atoms with van der Waals surface area (Å²) in [5.41, 5.74) is 4.52. The summed E-state index contributed by atoms with van der Waals surface area (Å²) in [6.07, 6.45) is 0. The van der Waals surface area contributed by atoms with E-state index >= 15 is 0 Å². The molecule has 0 saturated carbocycles. The summed E-state index contributed by atoms with van der Waals surface area (Å²) in [4.78, 5) is 10.9. The molecule has 0 bridgehead atoms. The van der Waals surface area contributed by atoms with Gasteiger partial charge in [-0.3, -0.25) is 4.79 Å². The van der Waals surface area contributed by atoms with E-state index in [4.69, 9.17) is 5.73 Å². The van der Waals surface area contributed by atoms with Crippen LogP contribution < -0.4 is 11.1 Å². The third-order valence-corrected chi connectivity index (χ3v) is 3.97. The molecule has 90 valence electrons. The van der Waals surface area contributed by atoms with Gasteiger partial charge in [0.2, 0.25) is 5.91 Å². The Bertz CT molecular complexity index is 309. The molecular weight excluding hydrogens is 216 g/mol. The molecule has 0 saturated heterocycles. The quantitative estimate of drug-likeness (QED) is 0.584. The average molecular weight is 236 g/mol. The maximum atomic E-state index is 11.1. The van der Waals surface area contributed by atoms with E-state index in [-0.39, 0.29) is 11.5 Å². The van der Waals surface area contributed by atoms with Crippen molar-refractivity contribution in [3.8, 4) is 0 Å². The first-order chi connectivity index (χ1) is 6.71. The fourth-order valence-corrected chi connectivity index (χ4v) is 1.60. The number of nitrogens with two attached hydrogens (primary N) is 1. The SMILES string of the molecule is CCS(=O)(=O)CCNCC(C)(C)C(N)=O. The predicted octanol–water partition coefficient (Wildman–Crippen LogP) is -0.478. The lowest BCUT2D eigenvalue weighted by molar-refractivity contribution is -0.125. The molecule has 0 radical (unpaired) electrons. The van der Waals surface area contributed by atoms with Gasteiger partial charge in [0.25, 0.3) is 0 Å². The van der Waals surface area contributed by atoms with Crippen molar-refractivity contribution < 1.29 is 13.2 Å². The molecule has 0 fully saturated rings. The number of carbonyl (C=O) groups is 1. The average Bonchev–Trinajstić information content (AvgIpc) is 2.12. The summed E-state index contributed by atoms with van der Waals surface area (Å²) in [5.74, 6) is -0.153. The number of hydrogen-bond donors (Lipinski definition) is 2. The van der Waals surface area contributed by atoms with E-state index in [1.807, 2.05) is 0 Å². The van der Waals surface area contributed by atoms with Crippen LogP contribution in [0.2, 0.25) is 0 Å². The highest BCUT2D eigenvalue weighted by atomic mass is 32.2. The summed E-state index contributed by atoms with van der Waals surface area (Å²) < 4.78 is 22.3. The predicted molar refractivity (Wildman–Crippen MR) is 60.2 cm³/mol. The van der Waals surface area contributed by atoms with Crippen molar-refractivity contribution >= 4 is 15.7 Å². The van der Waals surface area contributed by atoms with Crippen molar-refractivity contribution in [1.29, 1.82) is 0 Å². The second kappa shape index (κ2) is 5.46. The second-order valence-electron chi connectivity index (χ2n) is 4.16. The number of hydrogen-bond acceptors (Lipinski definition) is 4. The van der Waals surface area contributed by atoms with Crippen molar-refractivity contribution in [2.45, 2.75) is 20.8 Å². The third-order valence-electron chi connectivity index (χ3n) is 2.26. The first-order valence-electron chi connectivity index (χ1n) is 4.92. The van der Waals surface area contributed by atoms with Gasteiger partial charge in [0.05, 0.1) is 11.2 Å². The normalized spacial score (nSPS) is 12.7. The fraction of sp³-hybridized carbons (Fsp3) is 0.889. The van der Waals surface area contributed by atoms with Gasteiger partial charge in [0.1, 0.15) is 0 Å². The summed E-state index contributed by atoms with van der Waals surface area (Å²) >= 11 is 0. The Hall–Kier alpha value is -0.620. The van der Waals surface area contributed by atoms with Crippen molar-refractivity contribution in [3.05, 3.63) is 0 Å². The zero-order chi connectivity index (χ0) is 12.1. The van der Waals surface area contributed by atoms with Crippen molar-refractivity contribution in [2.24, 2.45) is 11.1 Å². The highest BCUT2D eigenvalue weighted by Crippen LogP contribution is 2.11. The summed E-state index contributed by atoms with van der Waals surface area (Å²) in [7, 11) is -2.94. The molecule has 0 aliphatic heterocycles. The van der Waals surface area contributed by atoms with E-state index in [9.17, 15) is 13.2 Å². The smallest absolute Gasteiger partial charge is 0.224 e. The summed E-state index contributed by atoms with van der Waals surface area (Å²) in [6, 6.07) is 0. The number of carbonyl (C=O) groups excluding carboxylic acids is 1. The standard InChI is InChI=1S/C9H20N2O3S/c1-4-15(13,14)6-5-11-7-9(2,3)8(10)12/h11H,4-7H2,1-3H3,(H2,10,12). The second-order valence-corrected chi connectivity index (χ2v) is 6.63. The Balaban J connectivity index is 3.87. The van der Waals surface area contributed by atoms with Crippen LogP contribution in [0.3, 0.4) is 0 Å². The number of sulfone groups is 1. The first kappa shape index (κ1) is 14.4. The molecule has 0 aromatic carbocycles. The van der Waals surface area contributed by atoms with E-state index in [0.717, 1.165) is 0 Å². The molecule has 0 rings (SSSR count). The lowest BCUT2D eigenvalue weighted by Crippen LogP contribution is -2.41. The largest absolute Gasteiger partial charge is 0.369 e. The van der Waals surface area contributed by atoms with Gasteiger partial charge >= 0.3 is 0 Å². The third kappa shape index (κ3) is 5.74. The van der Waals surface area contributed by atoms with Gasteiger partial charge in [-0.2, -0.15) is 0 Å². The molecule has 0 aliphatic carbocycles. The minimum atomic E-state index is -2.94. The Morgan fingerprint density at radius 3 is 2.33 bits per heavy atom. The topological polar surface area (TPSA) is 89.3 Å². The molecule has 0 heterocycles. The molecule has 3 N–H and O–H groups in total. The van der Waals surface area contributed by atoms with Gasteiger partial charge in [0.15, 0.2) is 9.84 Å². The number of nitrogens with one attached hydrogen (secondary N) is 1. The van der Waals surface area contributed by atoms with E-state index in [0.29, 0.717) is 13.1 Å². The molecule has 0 spiro atoms. The van der Waals surface area contributed by atoms with Crippen molar-refractivity contribution in [1.82, 2.24) is 5.32 Å². The minimum absolute atomic E-state index is 0.0956. The van der Waals surface area contributed by atoms with E-state index in [1.54, 1.807) is 20.8 Å². The molecule has 0 unspecified atom stereocenters. The van der Waals surface area contributed by atoms with Crippen LogP contribution in [0.15, 0.2) is 0 Å². The highest BCUT2D eigenvalue weighted by molar-refractivity contribution is 7.91. The zero-order valence-corrected chi connectivity index (χ0v) is 10.4. The zero-order valence-electron chi connectivity index (χ0n) is 9.54. The summed E-state index contributed by atoms with van der Waals surface area (Å²) in [6.45, 7) is 5.80. The highest BCUT2D eigenvalue weighted by Gasteiger charge is 2.24. The Kier molecular flexibility index (Phi) is 5.23. The van der Waals surface area contributed by atoms with Gasteiger partial charge in [-0.1, -0.05) is 6.92 Å². The number of rotatable bonds is 7. The monoisotopic (exact) mass is 236 g/mol. The maximum Gasteiger partial charge on any atom is 0.224 e. The van der Waals surface area contributed by atoms with E-state index in [2.05, 4.69) is 5.32 Å². The van der Waals surface area contributed by atoms with E-state index < -0.39 is 21.2 Å². The van der Waals surface area contributed by atoms with Crippen LogP contribution in [-0.2, 0) is 14.6 Å². The fourth-order valence-electron chi connectivity index (χ4n) is 0.860. The van der Waals surface area contributed by atoms with Crippen LogP contribution in [0, 0.1) is 5.41 Å². The molecule has 0 aliphatic rings. The molecule has 15 heavy (non-hydrogen) atoms. The number of primary amides is 1. The van der Waals surface area contributed by atoms with E-state index in [1.165, 1.54) is 0 Å².